The molecule has 0 aliphatic heterocycles. The molecule has 0 bridgehead atoms. The average molecular weight is 277 g/mol. The van der Waals surface area contributed by atoms with E-state index in [4.69, 9.17) is 5.73 Å². The molecular weight excluding hydrogens is 254 g/mol. The van der Waals surface area contributed by atoms with Crippen LogP contribution < -0.4 is 5.73 Å². The van der Waals surface area contributed by atoms with Crippen molar-refractivity contribution in [3.05, 3.63) is 71.8 Å². The molecule has 3 aliphatic carbocycles. The second-order valence-corrected chi connectivity index (χ2v) is 7.01. The fraction of sp³-hybridized carbons (Fsp3) is 0.300. The fourth-order valence-corrected chi connectivity index (χ4v) is 3.03. The average Bonchev–Trinajstić information content (AvgIpc) is 2.69. The van der Waals surface area contributed by atoms with E-state index >= 15 is 0 Å². The molecular formula is C20H23N. The smallest absolute Gasteiger partial charge is 0.0639 e. The van der Waals surface area contributed by atoms with Gasteiger partial charge in [0.2, 0.25) is 0 Å². The van der Waals surface area contributed by atoms with Gasteiger partial charge >= 0.3 is 0 Å². The lowest BCUT2D eigenvalue weighted by Gasteiger charge is -2.32. The number of hydrogen-bond donors (Lipinski definition) is 1. The highest BCUT2D eigenvalue weighted by molar-refractivity contribution is 5.72. The maximum atomic E-state index is 6.71. The molecule has 0 aromatic rings. The number of rotatable bonds is 1. The van der Waals surface area contributed by atoms with Crippen LogP contribution in [0.2, 0.25) is 0 Å². The first-order valence-corrected chi connectivity index (χ1v) is 7.57. The van der Waals surface area contributed by atoms with Gasteiger partial charge in [0.05, 0.1) is 5.54 Å². The van der Waals surface area contributed by atoms with Gasteiger partial charge in [0.1, 0.15) is 0 Å². The second kappa shape index (κ2) is 4.85. The van der Waals surface area contributed by atoms with Crippen LogP contribution in [0.5, 0.6) is 0 Å². The Balaban J connectivity index is 1.99. The summed E-state index contributed by atoms with van der Waals surface area (Å²) in [6.07, 6.45) is 7.52. The van der Waals surface area contributed by atoms with E-state index in [0.29, 0.717) is 0 Å². The highest BCUT2D eigenvalue weighted by Crippen LogP contribution is 2.40. The van der Waals surface area contributed by atoms with Gasteiger partial charge in [-0.05, 0) is 34.1 Å². The van der Waals surface area contributed by atoms with Gasteiger partial charge < -0.3 is 5.73 Å². The third-order valence-electron chi connectivity index (χ3n) is 4.38. The van der Waals surface area contributed by atoms with Crippen LogP contribution in [0.15, 0.2) is 66.3 Å². The molecule has 0 radical (unpaired) electrons. The molecule has 3 aliphatic rings. The zero-order valence-corrected chi connectivity index (χ0v) is 13.1. The first-order chi connectivity index (χ1) is 9.90. The molecule has 0 saturated heterocycles. The summed E-state index contributed by atoms with van der Waals surface area (Å²) < 4.78 is 0. The molecule has 1 nitrogen and oxygen atoms in total. The van der Waals surface area contributed by atoms with Crippen molar-refractivity contribution in [3.8, 4) is 11.1 Å². The van der Waals surface area contributed by atoms with Crippen LogP contribution in [-0.4, -0.2) is 0 Å². The summed E-state index contributed by atoms with van der Waals surface area (Å²) in [5, 5.41) is 0. The first kappa shape index (κ1) is 14.1. The highest BCUT2D eigenvalue weighted by atomic mass is 14.7. The normalized spacial score (nSPS) is 22.4. The maximum absolute atomic E-state index is 6.71. The molecule has 108 valence electrons. The van der Waals surface area contributed by atoms with Gasteiger partial charge in [0.15, 0.2) is 0 Å². The number of fused-ring (bicyclic) bond motifs is 1. The minimum Gasteiger partial charge on any atom is -0.318 e. The quantitative estimate of drug-likeness (QED) is 0.790. The lowest BCUT2D eigenvalue weighted by Crippen LogP contribution is -2.35. The van der Waals surface area contributed by atoms with E-state index in [1.165, 1.54) is 22.3 Å². The molecule has 21 heavy (non-hydrogen) atoms. The first-order valence-electron chi connectivity index (χ1n) is 7.57. The van der Waals surface area contributed by atoms with E-state index in [-0.39, 0.29) is 5.41 Å². The molecule has 0 amide bonds. The molecule has 0 fully saturated rings. The molecule has 0 spiro atoms. The monoisotopic (exact) mass is 277 g/mol. The summed E-state index contributed by atoms with van der Waals surface area (Å²) in [7, 11) is 0. The molecule has 1 atom stereocenters. The SMILES string of the molecule is CC(C)(C)C1=CCC(N)(c2ccc3cccccc2-3)C=C1. The van der Waals surface area contributed by atoms with E-state index in [1.54, 1.807) is 0 Å². The van der Waals surface area contributed by atoms with Gasteiger partial charge in [0.25, 0.3) is 0 Å². The molecule has 0 heterocycles. The Labute approximate surface area is 127 Å². The lowest BCUT2D eigenvalue weighted by molar-refractivity contribution is 0.492. The van der Waals surface area contributed by atoms with E-state index in [1.807, 2.05) is 0 Å². The fourth-order valence-electron chi connectivity index (χ4n) is 3.03. The molecule has 3 rings (SSSR count). The predicted octanol–water partition coefficient (Wildman–Crippen LogP) is 4.88. The molecule has 0 saturated carbocycles. The Kier molecular flexibility index (Phi) is 3.26. The van der Waals surface area contributed by atoms with Crippen molar-refractivity contribution in [3.63, 3.8) is 0 Å². The maximum Gasteiger partial charge on any atom is 0.0639 e. The zero-order valence-electron chi connectivity index (χ0n) is 13.1. The van der Waals surface area contributed by atoms with Gasteiger partial charge in [-0.25, -0.2) is 0 Å². The van der Waals surface area contributed by atoms with Crippen LogP contribution >= 0.6 is 0 Å². The molecule has 1 heteroatoms. The standard InChI is InChI=1S/C20H23N/c1-19(2,3)16-11-13-20(21,14-12-16)18-10-9-15-7-5-4-6-8-17(15)18/h4-13H,14,21H2,1-3H3. The topological polar surface area (TPSA) is 26.0 Å². The zero-order chi connectivity index (χ0) is 15.1. The van der Waals surface area contributed by atoms with Crippen molar-refractivity contribution in [1.82, 2.24) is 0 Å². The van der Waals surface area contributed by atoms with Crippen LogP contribution in [0.4, 0.5) is 0 Å². The molecule has 2 N–H and O–H groups in total. The van der Waals surface area contributed by atoms with Crippen LogP contribution in [-0.2, 0) is 5.54 Å². The Morgan fingerprint density at radius 1 is 1.00 bits per heavy atom. The number of hydrogen-bond acceptors (Lipinski definition) is 1. The summed E-state index contributed by atoms with van der Waals surface area (Å²) in [4.78, 5) is 0. The van der Waals surface area contributed by atoms with Crippen molar-refractivity contribution in [2.45, 2.75) is 32.7 Å². The Bertz CT molecular complexity index is 687. The van der Waals surface area contributed by atoms with Crippen molar-refractivity contribution in [2.75, 3.05) is 0 Å². The Morgan fingerprint density at radius 2 is 1.76 bits per heavy atom. The van der Waals surface area contributed by atoms with Crippen LogP contribution in [0.1, 0.15) is 32.8 Å². The predicted molar refractivity (Wildman–Crippen MR) is 90.2 cm³/mol. The summed E-state index contributed by atoms with van der Waals surface area (Å²) in [5.41, 5.74) is 11.6. The van der Waals surface area contributed by atoms with Gasteiger partial charge in [-0.1, -0.05) is 81.5 Å². The number of nitrogens with two attached hydrogens (primary N) is 1. The van der Waals surface area contributed by atoms with E-state index in [9.17, 15) is 0 Å². The largest absolute Gasteiger partial charge is 0.318 e. The summed E-state index contributed by atoms with van der Waals surface area (Å²) in [6.45, 7) is 6.72. The van der Waals surface area contributed by atoms with E-state index in [2.05, 4.69) is 81.5 Å². The van der Waals surface area contributed by atoms with E-state index < -0.39 is 5.54 Å². The number of allylic oxidation sites excluding steroid dienone is 2. The summed E-state index contributed by atoms with van der Waals surface area (Å²) in [5.74, 6) is 0. The molecule has 0 aromatic carbocycles. The second-order valence-electron chi connectivity index (χ2n) is 7.01. The van der Waals surface area contributed by atoms with Crippen molar-refractivity contribution in [2.24, 2.45) is 11.1 Å². The lowest BCUT2D eigenvalue weighted by atomic mass is 9.76. The van der Waals surface area contributed by atoms with Crippen molar-refractivity contribution in [1.29, 1.82) is 0 Å². The van der Waals surface area contributed by atoms with E-state index in [0.717, 1.165) is 6.42 Å². The van der Waals surface area contributed by atoms with Crippen LogP contribution in [0.25, 0.3) is 11.1 Å². The minimum atomic E-state index is -0.398. The highest BCUT2D eigenvalue weighted by Gasteiger charge is 2.31. The van der Waals surface area contributed by atoms with Crippen LogP contribution in [0, 0.1) is 5.41 Å². The van der Waals surface area contributed by atoms with Crippen LogP contribution in [0.3, 0.4) is 0 Å². The van der Waals surface area contributed by atoms with Crippen molar-refractivity contribution >= 4 is 0 Å². The minimum absolute atomic E-state index is 0.179. The summed E-state index contributed by atoms with van der Waals surface area (Å²) in [6, 6.07) is 14.9. The molecule has 1 unspecified atom stereocenters. The van der Waals surface area contributed by atoms with Gasteiger partial charge in [-0.15, -0.1) is 0 Å². The van der Waals surface area contributed by atoms with Gasteiger partial charge in [0, 0.05) is 0 Å². The Hall–Kier alpha value is -1.86. The summed E-state index contributed by atoms with van der Waals surface area (Å²) >= 11 is 0. The Morgan fingerprint density at radius 3 is 2.43 bits per heavy atom. The van der Waals surface area contributed by atoms with Gasteiger partial charge in [-0.3, -0.25) is 0 Å². The van der Waals surface area contributed by atoms with Crippen molar-refractivity contribution < 1.29 is 0 Å². The third kappa shape index (κ3) is 2.54. The van der Waals surface area contributed by atoms with Gasteiger partial charge in [-0.2, -0.15) is 0 Å². The molecule has 0 aromatic heterocycles. The third-order valence-corrected chi connectivity index (χ3v) is 4.38.